The van der Waals surface area contributed by atoms with Gasteiger partial charge < -0.3 is 18.6 Å². The molecule has 0 N–H and O–H groups in total. The number of methoxy groups -OCH3 is 2. The van der Waals surface area contributed by atoms with Crippen molar-refractivity contribution < 1.29 is 23.4 Å². The number of carbonyl (C=O) groups excluding carboxylic acids is 1. The van der Waals surface area contributed by atoms with E-state index >= 15 is 0 Å². The lowest BCUT2D eigenvalue weighted by molar-refractivity contribution is 0.0437. The van der Waals surface area contributed by atoms with Gasteiger partial charge in [0, 0.05) is 10.9 Å². The van der Waals surface area contributed by atoms with Crippen molar-refractivity contribution in [3.8, 4) is 11.5 Å². The Labute approximate surface area is 139 Å². The van der Waals surface area contributed by atoms with E-state index in [1.807, 2.05) is 37.3 Å². The molecular formula is C19H18O5. The molecular weight excluding hydrogens is 308 g/mol. The lowest BCUT2D eigenvalue weighted by Gasteiger charge is -2.09. The minimum atomic E-state index is -0.488. The van der Waals surface area contributed by atoms with Crippen LogP contribution in [0.4, 0.5) is 0 Å². The molecule has 1 heterocycles. The molecule has 5 heteroatoms. The summed E-state index contributed by atoms with van der Waals surface area (Å²) in [5, 5.41) is 0.913. The van der Waals surface area contributed by atoms with Crippen molar-refractivity contribution in [3.63, 3.8) is 0 Å². The highest BCUT2D eigenvalue weighted by molar-refractivity contribution is 5.95. The molecule has 3 rings (SSSR count). The van der Waals surface area contributed by atoms with Gasteiger partial charge in [-0.05, 0) is 30.7 Å². The van der Waals surface area contributed by atoms with Crippen LogP contribution in [0.15, 0.2) is 46.9 Å². The predicted octanol–water partition coefficient (Wildman–Crippen LogP) is 4.12. The Bertz CT molecular complexity index is 879. The topological polar surface area (TPSA) is 57.9 Å². The van der Waals surface area contributed by atoms with Crippen LogP contribution in [-0.4, -0.2) is 20.2 Å². The molecule has 3 aromatic rings. The van der Waals surface area contributed by atoms with Crippen LogP contribution < -0.4 is 9.47 Å². The van der Waals surface area contributed by atoms with Gasteiger partial charge in [0.2, 0.25) is 5.76 Å². The summed E-state index contributed by atoms with van der Waals surface area (Å²) in [6.45, 7) is 1.97. The number of esters is 1. The van der Waals surface area contributed by atoms with Crippen molar-refractivity contribution in [1.82, 2.24) is 0 Å². The molecule has 0 fully saturated rings. The molecule has 0 saturated heterocycles. The molecule has 124 valence electrons. The second kappa shape index (κ2) is 6.66. The van der Waals surface area contributed by atoms with E-state index in [0.717, 1.165) is 16.5 Å². The van der Waals surface area contributed by atoms with Crippen LogP contribution >= 0.6 is 0 Å². The first-order valence-electron chi connectivity index (χ1n) is 7.50. The van der Waals surface area contributed by atoms with Crippen LogP contribution in [0.5, 0.6) is 11.5 Å². The number of para-hydroxylation sites is 1. The van der Waals surface area contributed by atoms with Gasteiger partial charge in [-0.15, -0.1) is 0 Å². The largest absolute Gasteiger partial charge is 0.493 e. The fraction of sp³-hybridized carbons (Fsp3) is 0.211. The summed E-state index contributed by atoms with van der Waals surface area (Å²) in [6.07, 6.45) is 0. The van der Waals surface area contributed by atoms with Crippen LogP contribution in [-0.2, 0) is 11.3 Å². The third-order valence-corrected chi connectivity index (χ3v) is 3.85. The molecule has 0 aliphatic rings. The maximum atomic E-state index is 12.3. The molecule has 0 aliphatic heterocycles. The Kier molecular flexibility index (Phi) is 4.42. The van der Waals surface area contributed by atoms with Crippen LogP contribution in [0.2, 0.25) is 0 Å². The Morgan fingerprint density at radius 3 is 2.50 bits per heavy atom. The average molecular weight is 326 g/mol. The first kappa shape index (κ1) is 15.9. The van der Waals surface area contributed by atoms with E-state index in [1.165, 1.54) is 0 Å². The monoisotopic (exact) mass is 326 g/mol. The number of ether oxygens (including phenoxy) is 3. The molecule has 0 atom stereocenters. The maximum Gasteiger partial charge on any atom is 0.374 e. The van der Waals surface area contributed by atoms with Crippen molar-refractivity contribution >= 4 is 16.9 Å². The molecule has 0 unspecified atom stereocenters. The number of hydrogen-bond donors (Lipinski definition) is 0. The summed E-state index contributed by atoms with van der Waals surface area (Å²) in [7, 11) is 3.13. The number of benzene rings is 2. The van der Waals surface area contributed by atoms with Crippen LogP contribution in [0.3, 0.4) is 0 Å². The number of aryl methyl sites for hydroxylation is 1. The number of hydrogen-bond acceptors (Lipinski definition) is 5. The highest BCUT2D eigenvalue weighted by Crippen LogP contribution is 2.29. The minimum absolute atomic E-state index is 0.121. The second-order valence-electron chi connectivity index (χ2n) is 5.32. The van der Waals surface area contributed by atoms with E-state index in [2.05, 4.69) is 0 Å². The SMILES string of the molecule is COc1ccc(COC(=O)c2oc3ccccc3c2C)cc1OC. The number of rotatable bonds is 5. The van der Waals surface area contributed by atoms with Gasteiger partial charge in [-0.3, -0.25) is 0 Å². The minimum Gasteiger partial charge on any atom is -0.493 e. The Morgan fingerprint density at radius 1 is 1.04 bits per heavy atom. The molecule has 0 saturated carbocycles. The number of furan rings is 1. The summed E-state index contributed by atoms with van der Waals surface area (Å²) in [5.74, 6) is 0.960. The number of fused-ring (bicyclic) bond motifs is 1. The second-order valence-corrected chi connectivity index (χ2v) is 5.32. The van der Waals surface area contributed by atoms with E-state index in [-0.39, 0.29) is 12.4 Å². The standard InChI is InChI=1S/C19H18O5/c1-12-14-6-4-5-7-15(14)24-18(12)19(20)23-11-13-8-9-16(21-2)17(10-13)22-3/h4-10H,11H2,1-3H3. The summed E-state index contributed by atoms with van der Waals surface area (Å²) in [4.78, 5) is 12.3. The van der Waals surface area contributed by atoms with E-state index in [1.54, 1.807) is 26.4 Å². The van der Waals surface area contributed by atoms with E-state index in [9.17, 15) is 4.79 Å². The third kappa shape index (κ3) is 2.93. The maximum absolute atomic E-state index is 12.3. The normalized spacial score (nSPS) is 10.6. The first-order chi connectivity index (χ1) is 11.6. The van der Waals surface area contributed by atoms with E-state index < -0.39 is 5.97 Å². The molecule has 0 spiro atoms. The van der Waals surface area contributed by atoms with Crippen molar-refractivity contribution in [2.24, 2.45) is 0 Å². The van der Waals surface area contributed by atoms with E-state index in [4.69, 9.17) is 18.6 Å². The van der Waals surface area contributed by atoms with Crippen LogP contribution in [0, 0.1) is 6.92 Å². The summed E-state index contributed by atoms with van der Waals surface area (Å²) >= 11 is 0. The molecule has 1 aromatic heterocycles. The molecule has 5 nitrogen and oxygen atoms in total. The molecule has 2 aromatic carbocycles. The molecule has 0 amide bonds. The Balaban J connectivity index is 1.76. The average Bonchev–Trinajstić information content (AvgIpc) is 2.96. The zero-order valence-corrected chi connectivity index (χ0v) is 13.8. The summed E-state index contributed by atoms with van der Waals surface area (Å²) < 4.78 is 21.4. The van der Waals surface area contributed by atoms with Gasteiger partial charge in [0.25, 0.3) is 0 Å². The smallest absolute Gasteiger partial charge is 0.374 e. The summed E-state index contributed by atoms with van der Waals surface area (Å²) in [6, 6.07) is 12.9. The molecule has 24 heavy (non-hydrogen) atoms. The van der Waals surface area contributed by atoms with Crippen molar-refractivity contribution in [3.05, 3.63) is 59.4 Å². The Morgan fingerprint density at radius 2 is 1.79 bits per heavy atom. The van der Waals surface area contributed by atoms with Gasteiger partial charge >= 0.3 is 5.97 Å². The van der Waals surface area contributed by atoms with Crippen LogP contribution in [0.1, 0.15) is 21.7 Å². The Hall–Kier alpha value is -2.95. The predicted molar refractivity (Wildman–Crippen MR) is 89.6 cm³/mol. The fourth-order valence-corrected chi connectivity index (χ4v) is 2.55. The highest BCUT2D eigenvalue weighted by atomic mass is 16.5. The van der Waals surface area contributed by atoms with Crippen molar-refractivity contribution in [2.75, 3.05) is 14.2 Å². The van der Waals surface area contributed by atoms with Crippen molar-refractivity contribution in [1.29, 1.82) is 0 Å². The first-order valence-corrected chi connectivity index (χ1v) is 7.50. The summed E-state index contributed by atoms with van der Waals surface area (Å²) in [5.41, 5.74) is 2.26. The number of carbonyl (C=O) groups is 1. The lowest BCUT2D eigenvalue weighted by Crippen LogP contribution is -2.05. The third-order valence-electron chi connectivity index (χ3n) is 3.85. The lowest BCUT2D eigenvalue weighted by atomic mass is 10.1. The van der Waals surface area contributed by atoms with Gasteiger partial charge in [-0.25, -0.2) is 4.79 Å². The van der Waals surface area contributed by atoms with Gasteiger partial charge in [0.05, 0.1) is 14.2 Å². The quantitative estimate of drug-likeness (QED) is 0.660. The zero-order valence-electron chi connectivity index (χ0n) is 13.8. The molecule has 0 bridgehead atoms. The van der Waals surface area contributed by atoms with Gasteiger partial charge in [0.1, 0.15) is 12.2 Å². The van der Waals surface area contributed by atoms with E-state index in [0.29, 0.717) is 17.1 Å². The van der Waals surface area contributed by atoms with Gasteiger partial charge in [-0.2, -0.15) is 0 Å². The molecule has 0 aliphatic carbocycles. The molecule has 0 radical (unpaired) electrons. The zero-order chi connectivity index (χ0) is 17.1. The van der Waals surface area contributed by atoms with Gasteiger partial charge in [-0.1, -0.05) is 24.3 Å². The van der Waals surface area contributed by atoms with Gasteiger partial charge in [0.15, 0.2) is 11.5 Å². The fourth-order valence-electron chi connectivity index (χ4n) is 2.55. The highest BCUT2D eigenvalue weighted by Gasteiger charge is 2.19. The van der Waals surface area contributed by atoms with Crippen LogP contribution in [0.25, 0.3) is 11.0 Å². The van der Waals surface area contributed by atoms with Crippen molar-refractivity contribution in [2.45, 2.75) is 13.5 Å².